The zero-order chi connectivity index (χ0) is 20.7. The lowest BCUT2D eigenvalue weighted by Crippen LogP contribution is -2.26. The van der Waals surface area contributed by atoms with Gasteiger partial charge in [-0.15, -0.1) is 0 Å². The molecule has 2 rings (SSSR count). The third kappa shape index (κ3) is 5.61. The highest BCUT2D eigenvalue weighted by molar-refractivity contribution is 7.89. The van der Waals surface area contributed by atoms with Gasteiger partial charge in [0.25, 0.3) is 0 Å². The van der Waals surface area contributed by atoms with Crippen molar-refractivity contribution in [3.8, 4) is 11.1 Å². The molecule has 9 heteroatoms. The second-order valence-electron chi connectivity index (χ2n) is 5.86. The summed E-state index contributed by atoms with van der Waals surface area (Å²) in [5.41, 5.74) is 8.06. The van der Waals surface area contributed by atoms with Crippen LogP contribution < -0.4 is 15.8 Å². The van der Waals surface area contributed by atoms with E-state index in [0.717, 1.165) is 18.2 Å². The number of halogens is 2. The van der Waals surface area contributed by atoms with E-state index in [2.05, 4.69) is 15.0 Å². The predicted molar refractivity (Wildman–Crippen MR) is 114 cm³/mol. The topological polar surface area (TPSA) is 96.6 Å². The van der Waals surface area contributed by atoms with E-state index in [1.54, 1.807) is 31.3 Å². The monoisotopic (exact) mass is 412 g/mol. The van der Waals surface area contributed by atoms with Crippen molar-refractivity contribution in [2.75, 3.05) is 31.7 Å². The van der Waals surface area contributed by atoms with Gasteiger partial charge in [-0.3, -0.25) is 4.99 Å². The summed E-state index contributed by atoms with van der Waals surface area (Å²) in [6.45, 7) is 0.138. The third-order valence-electron chi connectivity index (χ3n) is 3.97. The SMILES string of the molecule is CN=C/C=C(\N)c1cc(-c2cc(F)ccc2F)ccc1NCCS(=O)(=O)NC.[HH].[HH]. The predicted octanol–water partition coefficient (Wildman–Crippen LogP) is 3.09. The van der Waals surface area contributed by atoms with Gasteiger partial charge >= 0.3 is 0 Å². The minimum Gasteiger partial charge on any atom is -0.398 e. The minimum absolute atomic E-state index is 0. The van der Waals surface area contributed by atoms with Crippen LogP contribution in [0.2, 0.25) is 0 Å². The molecule has 0 aliphatic rings. The van der Waals surface area contributed by atoms with E-state index in [0.29, 0.717) is 22.5 Å². The maximum Gasteiger partial charge on any atom is 0.213 e. The van der Waals surface area contributed by atoms with Crippen molar-refractivity contribution in [3.05, 3.63) is 59.7 Å². The van der Waals surface area contributed by atoms with Crippen LogP contribution in [0.25, 0.3) is 16.8 Å². The molecule has 0 amide bonds. The van der Waals surface area contributed by atoms with E-state index in [1.807, 2.05) is 0 Å². The zero-order valence-electron chi connectivity index (χ0n) is 15.5. The molecule has 0 spiro atoms. The molecule has 6 nitrogen and oxygen atoms in total. The number of rotatable bonds is 8. The molecule has 0 bridgehead atoms. The Bertz CT molecular complexity index is 1020. The van der Waals surface area contributed by atoms with Crippen LogP contribution in [0.5, 0.6) is 0 Å². The fourth-order valence-corrected chi connectivity index (χ4v) is 3.07. The van der Waals surface area contributed by atoms with Gasteiger partial charge in [-0.25, -0.2) is 21.9 Å². The number of benzene rings is 2. The first-order valence-electron chi connectivity index (χ1n) is 8.40. The second kappa shape index (κ2) is 9.43. The average molecular weight is 413 g/mol. The molecular formula is C19H26F2N4O2S. The van der Waals surface area contributed by atoms with Crippen molar-refractivity contribution in [1.29, 1.82) is 0 Å². The van der Waals surface area contributed by atoms with Gasteiger partial charge in [0.2, 0.25) is 10.0 Å². The lowest BCUT2D eigenvalue weighted by Gasteiger charge is -2.15. The zero-order valence-corrected chi connectivity index (χ0v) is 16.4. The van der Waals surface area contributed by atoms with Crippen molar-refractivity contribution in [3.63, 3.8) is 0 Å². The van der Waals surface area contributed by atoms with E-state index in [9.17, 15) is 17.2 Å². The lowest BCUT2D eigenvalue weighted by molar-refractivity contribution is 0.588. The van der Waals surface area contributed by atoms with Gasteiger partial charge < -0.3 is 11.1 Å². The Morgan fingerprint density at radius 3 is 2.68 bits per heavy atom. The molecule has 154 valence electrons. The summed E-state index contributed by atoms with van der Waals surface area (Å²) < 4.78 is 53.1. The molecule has 0 fully saturated rings. The summed E-state index contributed by atoms with van der Waals surface area (Å²) in [5, 5.41) is 3.01. The van der Waals surface area contributed by atoms with E-state index in [1.165, 1.54) is 13.3 Å². The summed E-state index contributed by atoms with van der Waals surface area (Å²) in [4.78, 5) is 3.84. The molecule has 0 atom stereocenters. The van der Waals surface area contributed by atoms with Gasteiger partial charge in [0.15, 0.2) is 0 Å². The molecule has 0 aromatic heterocycles. The van der Waals surface area contributed by atoms with Crippen LogP contribution in [0.4, 0.5) is 14.5 Å². The molecule has 2 aromatic rings. The lowest BCUT2D eigenvalue weighted by atomic mass is 9.99. The number of hydrogen-bond acceptors (Lipinski definition) is 5. The summed E-state index contributed by atoms with van der Waals surface area (Å²) in [6, 6.07) is 8.07. The Morgan fingerprint density at radius 1 is 1.25 bits per heavy atom. The highest BCUT2D eigenvalue weighted by atomic mass is 32.2. The molecule has 28 heavy (non-hydrogen) atoms. The Kier molecular flexibility index (Phi) is 7.24. The molecule has 0 aliphatic heterocycles. The van der Waals surface area contributed by atoms with Crippen LogP contribution in [0.15, 0.2) is 47.5 Å². The molecule has 2 aromatic carbocycles. The van der Waals surface area contributed by atoms with Crippen LogP contribution in [0.1, 0.15) is 8.42 Å². The van der Waals surface area contributed by atoms with E-state index >= 15 is 0 Å². The highest BCUT2D eigenvalue weighted by Crippen LogP contribution is 2.30. The number of nitrogens with zero attached hydrogens (tertiary/aromatic N) is 1. The first-order chi connectivity index (χ1) is 13.3. The van der Waals surface area contributed by atoms with Crippen LogP contribution in [0, 0.1) is 11.6 Å². The van der Waals surface area contributed by atoms with Crippen LogP contribution >= 0.6 is 0 Å². The average Bonchev–Trinajstić information content (AvgIpc) is 2.68. The molecule has 0 aliphatic carbocycles. The van der Waals surface area contributed by atoms with Gasteiger partial charge in [-0.1, -0.05) is 6.07 Å². The number of aliphatic imine (C=N–C) groups is 1. The Labute approximate surface area is 166 Å². The van der Waals surface area contributed by atoms with E-state index in [4.69, 9.17) is 5.73 Å². The smallest absolute Gasteiger partial charge is 0.213 e. The van der Waals surface area contributed by atoms with E-state index in [-0.39, 0.29) is 20.7 Å². The third-order valence-corrected chi connectivity index (χ3v) is 5.33. The highest BCUT2D eigenvalue weighted by Gasteiger charge is 2.13. The van der Waals surface area contributed by atoms with Crippen molar-refractivity contribution in [1.82, 2.24) is 4.72 Å². The summed E-state index contributed by atoms with van der Waals surface area (Å²) in [7, 11) is -0.441. The van der Waals surface area contributed by atoms with Crippen molar-refractivity contribution in [2.45, 2.75) is 0 Å². The Morgan fingerprint density at radius 2 is 2.00 bits per heavy atom. The fraction of sp³-hybridized carbons (Fsp3) is 0.211. The fourth-order valence-electron chi connectivity index (χ4n) is 2.49. The molecule has 0 unspecified atom stereocenters. The molecule has 0 heterocycles. The summed E-state index contributed by atoms with van der Waals surface area (Å²) in [5.74, 6) is -1.26. The number of sulfonamides is 1. The maximum atomic E-state index is 14.1. The van der Waals surface area contributed by atoms with Crippen molar-refractivity contribution >= 4 is 27.6 Å². The second-order valence-corrected chi connectivity index (χ2v) is 7.91. The number of nitrogens with one attached hydrogen (secondary N) is 2. The van der Waals surface area contributed by atoms with Crippen LogP contribution in [-0.4, -0.2) is 41.0 Å². The largest absolute Gasteiger partial charge is 0.398 e. The molecule has 0 saturated carbocycles. The number of allylic oxidation sites excluding steroid dienone is 1. The number of hydrogen-bond donors (Lipinski definition) is 3. The van der Waals surface area contributed by atoms with Crippen LogP contribution in [-0.2, 0) is 10.0 Å². The van der Waals surface area contributed by atoms with E-state index < -0.39 is 21.7 Å². The van der Waals surface area contributed by atoms with Gasteiger partial charge in [0.05, 0.1) is 5.75 Å². The molecule has 4 N–H and O–H groups in total. The first kappa shape index (κ1) is 21.5. The Hall–Kier alpha value is -2.78. The van der Waals surface area contributed by atoms with Crippen molar-refractivity contribution in [2.24, 2.45) is 10.7 Å². The quantitative estimate of drug-likeness (QED) is 0.581. The first-order valence-corrected chi connectivity index (χ1v) is 10.1. The number of nitrogens with two attached hydrogens (primary N) is 1. The molecule has 0 radical (unpaired) electrons. The van der Waals surface area contributed by atoms with Gasteiger partial charge in [-0.2, -0.15) is 0 Å². The Balaban J connectivity index is 0.00000420. The number of anilines is 1. The van der Waals surface area contributed by atoms with Crippen LogP contribution in [0.3, 0.4) is 0 Å². The molecule has 0 saturated heterocycles. The van der Waals surface area contributed by atoms with Gasteiger partial charge in [-0.05, 0) is 49.0 Å². The minimum atomic E-state index is -3.37. The summed E-state index contributed by atoms with van der Waals surface area (Å²) in [6.07, 6.45) is 3.07. The van der Waals surface area contributed by atoms with Gasteiger partial charge in [0, 0.05) is 45.2 Å². The van der Waals surface area contributed by atoms with Crippen molar-refractivity contribution < 1.29 is 20.1 Å². The van der Waals surface area contributed by atoms with Gasteiger partial charge in [0.1, 0.15) is 11.6 Å². The summed E-state index contributed by atoms with van der Waals surface area (Å²) >= 11 is 0. The normalized spacial score (nSPS) is 12.5. The maximum absolute atomic E-state index is 14.1. The standard InChI is InChI=1S/C19H22F2N4O2S.2H2/c1-23-8-7-18(22)16-11-13(15-12-14(20)4-5-17(15)21)3-6-19(16)25-9-10-28(26,27)24-2;;/h3-8,11-12,24-25H,9-10,22H2,1-2H3;2*1H/b18-7-,23-8?;;. The molecular weight excluding hydrogens is 386 g/mol.